The number of nitrogens with two attached hydrogens (primary N) is 1. The fourth-order valence-electron chi connectivity index (χ4n) is 2.97. The highest BCUT2D eigenvalue weighted by Gasteiger charge is 2.46. The average molecular weight is 250 g/mol. The van der Waals surface area contributed by atoms with Crippen molar-refractivity contribution in [2.24, 2.45) is 17.1 Å². The Bertz CT molecular complexity index is 408. The maximum atomic E-state index is 6.65. The SMILES string of the molecule is CC(C)Cn1ncnc1CC1(N)CCCC1(C)C. The first kappa shape index (κ1) is 13.5. The summed E-state index contributed by atoms with van der Waals surface area (Å²) in [5.41, 5.74) is 6.71. The molecule has 0 bridgehead atoms. The molecule has 0 aliphatic heterocycles. The number of hydrogen-bond donors (Lipinski definition) is 1. The van der Waals surface area contributed by atoms with E-state index in [2.05, 4.69) is 37.8 Å². The van der Waals surface area contributed by atoms with Crippen LogP contribution in [0, 0.1) is 11.3 Å². The van der Waals surface area contributed by atoms with Crippen LogP contribution in [0.25, 0.3) is 0 Å². The van der Waals surface area contributed by atoms with Crippen LogP contribution >= 0.6 is 0 Å². The summed E-state index contributed by atoms with van der Waals surface area (Å²) in [7, 11) is 0. The molecule has 2 rings (SSSR count). The quantitative estimate of drug-likeness (QED) is 0.892. The van der Waals surface area contributed by atoms with Crippen molar-refractivity contribution in [3.05, 3.63) is 12.2 Å². The van der Waals surface area contributed by atoms with Gasteiger partial charge in [0.1, 0.15) is 12.2 Å². The van der Waals surface area contributed by atoms with Gasteiger partial charge in [-0.2, -0.15) is 5.10 Å². The van der Waals surface area contributed by atoms with Crippen LogP contribution in [0.5, 0.6) is 0 Å². The van der Waals surface area contributed by atoms with Gasteiger partial charge in [0.15, 0.2) is 0 Å². The molecule has 4 heteroatoms. The molecule has 0 saturated heterocycles. The number of rotatable bonds is 4. The zero-order chi connectivity index (χ0) is 13.4. The van der Waals surface area contributed by atoms with Gasteiger partial charge in [-0.1, -0.05) is 34.1 Å². The monoisotopic (exact) mass is 250 g/mol. The van der Waals surface area contributed by atoms with Gasteiger partial charge in [-0.25, -0.2) is 9.67 Å². The van der Waals surface area contributed by atoms with Crippen LogP contribution in [0.1, 0.15) is 52.8 Å². The molecule has 1 heterocycles. The molecule has 0 amide bonds. The zero-order valence-electron chi connectivity index (χ0n) is 12.1. The third-order valence-electron chi connectivity index (χ3n) is 4.48. The molecule has 1 aliphatic carbocycles. The van der Waals surface area contributed by atoms with Gasteiger partial charge in [-0.15, -0.1) is 0 Å². The Morgan fingerprint density at radius 1 is 1.39 bits per heavy atom. The second-order valence-electron chi connectivity index (χ2n) is 6.82. The van der Waals surface area contributed by atoms with Gasteiger partial charge >= 0.3 is 0 Å². The van der Waals surface area contributed by atoms with Crippen LogP contribution in [0.2, 0.25) is 0 Å². The maximum absolute atomic E-state index is 6.65. The van der Waals surface area contributed by atoms with Crippen molar-refractivity contribution < 1.29 is 0 Å². The van der Waals surface area contributed by atoms with E-state index in [-0.39, 0.29) is 11.0 Å². The lowest BCUT2D eigenvalue weighted by atomic mass is 9.73. The van der Waals surface area contributed by atoms with Crippen molar-refractivity contribution in [1.29, 1.82) is 0 Å². The summed E-state index contributed by atoms with van der Waals surface area (Å²) in [4.78, 5) is 4.42. The minimum absolute atomic E-state index is 0.130. The molecular formula is C14H26N4. The Morgan fingerprint density at radius 3 is 2.67 bits per heavy atom. The maximum Gasteiger partial charge on any atom is 0.138 e. The fraction of sp³-hybridized carbons (Fsp3) is 0.857. The molecule has 1 saturated carbocycles. The lowest BCUT2D eigenvalue weighted by Gasteiger charge is -2.38. The van der Waals surface area contributed by atoms with E-state index in [1.807, 2.05) is 4.68 Å². The van der Waals surface area contributed by atoms with Crippen molar-refractivity contribution in [2.45, 2.75) is 65.5 Å². The molecule has 0 spiro atoms. The molecule has 1 aliphatic rings. The number of nitrogens with zero attached hydrogens (tertiary/aromatic N) is 3. The van der Waals surface area contributed by atoms with Crippen molar-refractivity contribution in [3.8, 4) is 0 Å². The Labute approximate surface area is 110 Å². The summed E-state index contributed by atoms with van der Waals surface area (Å²) in [5, 5.41) is 4.33. The molecule has 1 atom stereocenters. The Kier molecular flexibility index (Phi) is 3.49. The number of aromatic nitrogens is 3. The van der Waals surface area contributed by atoms with Gasteiger partial charge in [-0.3, -0.25) is 0 Å². The third kappa shape index (κ3) is 2.44. The second-order valence-corrected chi connectivity index (χ2v) is 6.82. The van der Waals surface area contributed by atoms with E-state index in [4.69, 9.17) is 5.73 Å². The summed E-state index contributed by atoms with van der Waals surface area (Å²) in [6.45, 7) is 9.88. The van der Waals surface area contributed by atoms with Crippen molar-refractivity contribution >= 4 is 0 Å². The first-order valence-corrected chi connectivity index (χ1v) is 7.00. The molecule has 0 radical (unpaired) electrons. The molecule has 18 heavy (non-hydrogen) atoms. The van der Waals surface area contributed by atoms with Crippen molar-refractivity contribution in [3.63, 3.8) is 0 Å². The standard InChI is InChI=1S/C14H26N4/c1-11(2)9-18-12(16-10-17-18)8-14(15)7-5-6-13(14,3)4/h10-11H,5-9,15H2,1-4H3. The third-order valence-corrected chi connectivity index (χ3v) is 4.48. The van der Waals surface area contributed by atoms with E-state index in [0.29, 0.717) is 5.92 Å². The molecule has 102 valence electrons. The van der Waals surface area contributed by atoms with Crippen LogP contribution in [0.3, 0.4) is 0 Å². The molecule has 4 nitrogen and oxygen atoms in total. The van der Waals surface area contributed by atoms with Gasteiger partial charge in [-0.05, 0) is 24.2 Å². The highest BCUT2D eigenvalue weighted by atomic mass is 15.3. The van der Waals surface area contributed by atoms with Crippen LogP contribution in [0.15, 0.2) is 6.33 Å². The Morgan fingerprint density at radius 2 is 2.11 bits per heavy atom. The molecule has 1 aromatic heterocycles. The topological polar surface area (TPSA) is 56.7 Å². The van der Waals surface area contributed by atoms with Gasteiger partial charge < -0.3 is 5.73 Å². The van der Waals surface area contributed by atoms with Crippen LogP contribution < -0.4 is 5.73 Å². The van der Waals surface area contributed by atoms with E-state index in [1.54, 1.807) is 6.33 Å². The first-order valence-electron chi connectivity index (χ1n) is 7.00. The van der Waals surface area contributed by atoms with Crippen LogP contribution in [-0.4, -0.2) is 20.3 Å². The van der Waals surface area contributed by atoms with Crippen molar-refractivity contribution in [1.82, 2.24) is 14.8 Å². The molecule has 1 aromatic rings. The predicted molar refractivity (Wildman–Crippen MR) is 73.1 cm³/mol. The van der Waals surface area contributed by atoms with E-state index in [0.717, 1.165) is 25.2 Å². The van der Waals surface area contributed by atoms with E-state index in [1.165, 1.54) is 12.8 Å². The van der Waals surface area contributed by atoms with Crippen molar-refractivity contribution in [2.75, 3.05) is 0 Å². The first-order chi connectivity index (χ1) is 8.34. The van der Waals surface area contributed by atoms with Gasteiger partial charge in [0.25, 0.3) is 0 Å². The van der Waals surface area contributed by atoms with E-state index in [9.17, 15) is 0 Å². The summed E-state index contributed by atoms with van der Waals surface area (Å²) < 4.78 is 2.02. The normalized spacial score (nSPS) is 27.0. The zero-order valence-corrected chi connectivity index (χ0v) is 12.1. The average Bonchev–Trinajstić information content (AvgIpc) is 2.73. The van der Waals surface area contributed by atoms with Gasteiger partial charge in [0.05, 0.1) is 0 Å². The minimum atomic E-state index is -0.130. The largest absolute Gasteiger partial charge is 0.324 e. The summed E-state index contributed by atoms with van der Waals surface area (Å²) in [6, 6.07) is 0. The molecular weight excluding hydrogens is 224 g/mol. The Balaban J connectivity index is 2.17. The molecule has 0 aromatic carbocycles. The molecule has 1 unspecified atom stereocenters. The lowest BCUT2D eigenvalue weighted by Crippen LogP contribution is -2.51. The molecule has 1 fully saturated rings. The fourth-order valence-corrected chi connectivity index (χ4v) is 2.97. The predicted octanol–water partition coefficient (Wildman–Crippen LogP) is 2.38. The summed E-state index contributed by atoms with van der Waals surface area (Å²) >= 11 is 0. The highest BCUT2D eigenvalue weighted by molar-refractivity contribution is 5.08. The van der Waals surface area contributed by atoms with Gasteiger partial charge in [0, 0.05) is 18.5 Å². The lowest BCUT2D eigenvalue weighted by molar-refractivity contribution is 0.201. The highest BCUT2D eigenvalue weighted by Crippen LogP contribution is 2.45. The second kappa shape index (κ2) is 4.65. The Hall–Kier alpha value is -0.900. The number of hydrogen-bond acceptors (Lipinski definition) is 3. The van der Waals surface area contributed by atoms with E-state index >= 15 is 0 Å². The van der Waals surface area contributed by atoms with E-state index < -0.39 is 0 Å². The van der Waals surface area contributed by atoms with Gasteiger partial charge in [0.2, 0.25) is 0 Å². The smallest absolute Gasteiger partial charge is 0.138 e. The molecule has 2 N–H and O–H groups in total. The minimum Gasteiger partial charge on any atom is -0.324 e. The summed E-state index contributed by atoms with van der Waals surface area (Å²) in [5.74, 6) is 1.62. The van der Waals surface area contributed by atoms with Crippen LogP contribution in [-0.2, 0) is 13.0 Å². The summed E-state index contributed by atoms with van der Waals surface area (Å²) in [6.07, 6.45) is 6.02. The van der Waals surface area contributed by atoms with Crippen LogP contribution in [0.4, 0.5) is 0 Å².